The predicted octanol–water partition coefficient (Wildman–Crippen LogP) is 2.78. The molecule has 0 aliphatic rings. The quantitative estimate of drug-likeness (QED) is 0.493. The zero-order chi connectivity index (χ0) is 20.4. The molecule has 0 radical (unpaired) electrons. The van der Waals surface area contributed by atoms with Crippen molar-refractivity contribution in [3.63, 3.8) is 0 Å². The van der Waals surface area contributed by atoms with E-state index in [2.05, 4.69) is 19.8 Å². The summed E-state index contributed by atoms with van der Waals surface area (Å²) in [5.74, 6) is -0.288. The van der Waals surface area contributed by atoms with Gasteiger partial charge in [0.1, 0.15) is 5.69 Å². The number of nitrogens with one attached hydrogen (secondary N) is 1. The number of carbonyl (C=O) groups is 1. The number of benzene rings is 1. The standard InChI is InChI=1S/C20H17N5O3S/c1-2-29(27,28)24-15-7-5-6-14(12-15)18-9-11-22-20-16(13-23-25(18)20)19(26)17-8-3-4-10-21-17/h3-13,24H,2H2,1H3. The lowest BCUT2D eigenvalue weighted by atomic mass is 10.1. The van der Waals surface area contributed by atoms with Gasteiger partial charge >= 0.3 is 0 Å². The molecule has 4 rings (SSSR count). The number of rotatable bonds is 6. The Balaban J connectivity index is 1.77. The molecule has 0 aliphatic carbocycles. The van der Waals surface area contributed by atoms with Gasteiger partial charge in [0.25, 0.3) is 0 Å². The van der Waals surface area contributed by atoms with Crippen molar-refractivity contribution >= 4 is 27.1 Å². The maximum atomic E-state index is 12.8. The van der Waals surface area contributed by atoms with Crippen LogP contribution in [-0.4, -0.2) is 39.5 Å². The Morgan fingerprint density at radius 1 is 1.07 bits per heavy atom. The number of pyridine rings is 1. The van der Waals surface area contributed by atoms with E-state index in [0.29, 0.717) is 28.3 Å². The highest BCUT2D eigenvalue weighted by molar-refractivity contribution is 7.92. The largest absolute Gasteiger partial charge is 0.287 e. The monoisotopic (exact) mass is 407 g/mol. The summed E-state index contributed by atoms with van der Waals surface area (Å²) in [4.78, 5) is 21.2. The second-order valence-corrected chi connectivity index (χ2v) is 8.27. The Morgan fingerprint density at radius 2 is 1.93 bits per heavy atom. The van der Waals surface area contributed by atoms with Crippen molar-refractivity contribution < 1.29 is 13.2 Å². The number of ketones is 1. The topological polar surface area (TPSA) is 106 Å². The third-order valence-corrected chi connectivity index (χ3v) is 5.66. The van der Waals surface area contributed by atoms with Gasteiger partial charge in [-0.15, -0.1) is 0 Å². The molecule has 3 heterocycles. The molecule has 9 heteroatoms. The van der Waals surface area contributed by atoms with Crippen LogP contribution in [0.2, 0.25) is 0 Å². The van der Waals surface area contributed by atoms with E-state index in [0.717, 1.165) is 5.56 Å². The molecule has 8 nitrogen and oxygen atoms in total. The Hall–Kier alpha value is -3.59. The molecular formula is C20H17N5O3S. The molecule has 0 spiro atoms. The Bertz CT molecular complexity index is 1300. The fourth-order valence-electron chi connectivity index (χ4n) is 2.90. The van der Waals surface area contributed by atoms with Crippen LogP contribution >= 0.6 is 0 Å². The number of nitrogens with zero attached hydrogens (tertiary/aromatic N) is 4. The van der Waals surface area contributed by atoms with Gasteiger partial charge in [-0.3, -0.25) is 14.5 Å². The van der Waals surface area contributed by atoms with Crippen LogP contribution in [0.3, 0.4) is 0 Å². The second-order valence-electron chi connectivity index (χ2n) is 6.25. The minimum atomic E-state index is -3.39. The van der Waals surface area contributed by atoms with Crippen LogP contribution in [0.1, 0.15) is 23.0 Å². The highest BCUT2D eigenvalue weighted by Gasteiger charge is 2.18. The van der Waals surface area contributed by atoms with Crippen LogP contribution in [-0.2, 0) is 10.0 Å². The third-order valence-electron chi connectivity index (χ3n) is 4.36. The maximum Gasteiger partial charge on any atom is 0.232 e. The summed E-state index contributed by atoms with van der Waals surface area (Å²) >= 11 is 0. The van der Waals surface area contributed by atoms with Crippen LogP contribution in [0.4, 0.5) is 5.69 Å². The van der Waals surface area contributed by atoms with E-state index in [1.807, 2.05) is 6.07 Å². The van der Waals surface area contributed by atoms with Crippen LogP contribution in [0.25, 0.3) is 16.9 Å². The van der Waals surface area contributed by atoms with Gasteiger partial charge in [0.15, 0.2) is 5.65 Å². The molecule has 0 saturated carbocycles. The number of hydrogen-bond acceptors (Lipinski definition) is 6. The first-order valence-electron chi connectivity index (χ1n) is 8.88. The SMILES string of the molecule is CCS(=O)(=O)Nc1cccc(-c2ccnc3c(C(=O)c4ccccn4)cnn23)c1. The van der Waals surface area contributed by atoms with Gasteiger partial charge in [0.2, 0.25) is 15.8 Å². The van der Waals surface area contributed by atoms with Crippen molar-refractivity contribution in [1.82, 2.24) is 19.6 Å². The molecular weight excluding hydrogens is 390 g/mol. The number of anilines is 1. The van der Waals surface area contributed by atoms with Crippen molar-refractivity contribution in [2.75, 3.05) is 10.5 Å². The summed E-state index contributed by atoms with van der Waals surface area (Å²) in [5.41, 5.74) is 2.91. The van der Waals surface area contributed by atoms with Gasteiger partial charge in [0, 0.05) is 23.6 Å². The second kappa shape index (κ2) is 7.44. The lowest BCUT2D eigenvalue weighted by molar-refractivity contribution is 0.103. The molecule has 1 aromatic carbocycles. The normalized spacial score (nSPS) is 11.5. The van der Waals surface area contributed by atoms with E-state index in [-0.39, 0.29) is 11.5 Å². The van der Waals surface area contributed by atoms with Crippen molar-refractivity contribution in [3.8, 4) is 11.3 Å². The molecule has 0 atom stereocenters. The number of fused-ring (bicyclic) bond motifs is 1. The molecule has 3 aromatic heterocycles. The molecule has 0 amide bonds. The van der Waals surface area contributed by atoms with Crippen LogP contribution in [0.15, 0.2) is 67.1 Å². The lowest BCUT2D eigenvalue weighted by Crippen LogP contribution is -2.14. The molecule has 0 fully saturated rings. The highest BCUT2D eigenvalue weighted by Crippen LogP contribution is 2.25. The molecule has 0 saturated heterocycles. The predicted molar refractivity (Wildman–Crippen MR) is 109 cm³/mol. The lowest BCUT2D eigenvalue weighted by Gasteiger charge is -2.09. The van der Waals surface area contributed by atoms with Crippen molar-refractivity contribution in [2.45, 2.75) is 6.92 Å². The van der Waals surface area contributed by atoms with Gasteiger partial charge in [-0.25, -0.2) is 17.9 Å². The van der Waals surface area contributed by atoms with E-state index in [1.165, 1.54) is 6.20 Å². The summed E-state index contributed by atoms with van der Waals surface area (Å²) < 4.78 is 27.8. The van der Waals surface area contributed by atoms with Crippen LogP contribution < -0.4 is 4.72 Å². The zero-order valence-corrected chi connectivity index (χ0v) is 16.3. The van der Waals surface area contributed by atoms with Crippen molar-refractivity contribution in [2.24, 2.45) is 0 Å². The third kappa shape index (κ3) is 3.72. The molecule has 146 valence electrons. The molecule has 0 unspecified atom stereocenters. The smallest absolute Gasteiger partial charge is 0.232 e. The summed E-state index contributed by atoms with van der Waals surface area (Å²) in [7, 11) is -3.39. The van der Waals surface area contributed by atoms with E-state index in [9.17, 15) is 13.2 Å². The van der Waals surface area contributed by atoms with Crippen molar-refractivity contribution in [3.05, 3.63) is 78.4 Å². The van der Waals surface area contributed by atoms with Gasteiger partial charge in [0.05, 0.1) is 23.2 Å². The van der Waals surface area contributed by atoms with E-state index < -0.39 is 10.0 Å². The summed E-state index contributed by atoms with van der Waals surface area (Å²) in [5, 5.41) is 4.33. The van der Waals surface area contributed by atoms with E-state index >= 15 is 0 Å². The summed E-state index contributed by atoms with van der Waals surface area (Å²) in [6, 6.07) is 13.8. The fraction of sp³-hybridized carbons (Fsp3) is 0.100. The van der Waals surface area contributed by atoms with Gasteiger partial charge < -0.3 is 0 Å². The summed E-state index contributed by atoms with van der Waals surface area (Å²) in [6.07, 6.45) is 4.61. The first kappa shape index (κ1) is 18.8. The molecule has 0 aliphatic heterocycles. The highest BCUT2D eigenvalue weighted by atomic mass is 32.2. The van der Waals surface area contributed by atoms with Gasteiger partial charge in [-0.05, 0) is 37.3 Å². The molecule has 4 aromatic rings. The first-order valence-corrected chi connectivity index (χ1v) is 10.5. The van der Waals surface area contributed by atoms with Gasteiger partial charge in [-0.2, -0.15) is 5.10 Å². The maximum absolute atomic E-state index is 12.8. The van der Waals surface area contributed by atoms with Crippen molar-refractivity contribution in [1.29, 1.82) is 0 Å². The van der Waals surface area contributed by atoms with E-state index in [4.69, 9.17) is 0 Å². The minimum Gasteiger partial charge on any atom is -0.287 e. The van der Waals surface area contributed by atoms with E-state index in [1.54, 1.807) is 66.3 Å². The molecule has 1 N–H and O–H groups in total. The first-order chi connectivity index (χ1) is 14.0. The number of aromatic nitrogens is 4. The van der Waals surface area contributed by atoms with Crippen LogP contribution in [0, 0.1) is 0 Å². The Morgan fingerprint density at radius 3 is 2.69 bits per heavy atom. The number of carbonyl (C=O) groups excluding carboxylic acids is 1. The fourth-order valence-corrected chi connectivity index (χ4v) is 3.53. The van der Waals surface area contributed by atoms with Gasteiger partial charge in [-0.1, -0.05) is 18.2 Å². The minimum absolute atomic E-state index is 0.0190. The Labute approximate surface area is 167 Å². The van der Waals surface area contributed by atoms with Crippen LogP contribution in [0.5, 0.6) is 0 Å². The summed E-state index contributed by atoms with van der Waals surface area (Å²) in [6.45, 7) is 1.57. The Kier molecular flexibility index (Phi) is 4.81. The number of hydrogen-bond donors (Lipinski definition) is 1. The molecule has 29 heavy (non-hydrogen) atoms. The average Bonchev–Trinajstić information content (AvgIpc) is 3.18. The zero-order valence-electron chi connectivity index (χ0n) is 15.5. The number of sulfonamides is 1. The average molecular weight is 407 g/mol. The molecule has 0 bridgehead atoms.